The van der Waals surface area contributed by atoms with E-state index < -0.39 is 18.4 Å². The van der Waals surface area contributed by atoms with Gasteiger partial charge in [-0.1, -0.05) is 35.3 Å². The molecule has 0 spiro atoms. The number of carboxylic acid groups (broad SMARTS) is 1. The standard InChI is InChI=1S/C14H10Cl2N2O3/c15-10-3-1-2-8(4-10)9-5-11(16)13(17-6-9)14(21)18-7-12(19)20/h1-6H,7H2,(H,18,21)(H,19,20). The third-order valence-electron chi connectivity index (χ3n) is 2.61. The van der Waals surface area contributed by atoms with Gasteiger partial charge in [-0.05, 0) is 23.8 Å². The van der Waals surface area contributed by atoms with Crippen molar-refractivity contribution in [2.45, 2.75) is 0 Å². The second kappa shape index (κ2) is 6.56. The fraction of sp³-hybridized carbons (Fsp3) is 0.0714. The van der Waals surface area contributed by atoms with Crippen LogP contribution in [0.1, 0.15) is 10.5 Å². The number of carbonyl (C=O) groups is 2. The van der Waals surface area contributed by atoms with Gasteiger partial charge >= 0.3 is 5.97 Å². The molecule has 0 aliphatic rings. The molecule has 1 aromatic heterocycles. The van der Waals surface area contributed by atoms with Crippen LogP contribution in [0.3, 0.4) is 0 Å². The molecule has 0 fully saturated rings. The number of hydrogen-bond acceptors (Lipinski definition) is 3. The SMILES string of the molecule is O=C(O)CNC(=O)c1ncc(-c2cccc(Cl)c2)cc1Cl. The lowest BCUT2D eigenvalue weighted by molar-refractivity contribution is -0.135. The Morgan fingerprint density at radius 3 is 2.57 bits per heavy atom. The van der Waals surface area contributed by atoms with Crippen LogP contribution < -0.4 is 5.32 Å². The zero-order chi connectivity index (χ0) is 15.4. The van der Waals surface area contributed by atoms with E-state index >= 15 is 0 Å². The average molecular weight is 325 g/mol. The molecule has 2 N–H and O–H groups in total. The van der Waals surface area contributed by atoms with E-state index in [1.165, 1.54) is 6.20 Å². The molecule has 0 aliphatic heterocycles. The predicted molar refractivity (Wildman–Crippen MR) is 79.7 cm³/mol. The van der Waals surface area contributed by atoms with Crippen molar-refractivity contribution in [3.8, 4) is 11.1 Å². The topological polar surface area (TPSA) is 79.3 Å². The molecule has 21 heavy (non-hydrogen) atoms. The molecule has 7 heteroatoms. The largest absolute Gasteiger partial charge is 0.480 e. The average Bonchev–Trinajstić information content (AvgIpc) is 2.44. The maximum Gasteiger partial charge on any atom is 0.322 e. The number of carbonyl (C=O) groups excluding carboxylic acids is 1. The van der Waals surface area contributed by atoms with E-state index in [1.807, 2.05) is 6.07 Å². The molecule has 5 nitrogen and oxygen atoms in total. The summed E-state index contributed by atoms with van der Waals surface area (Å²) in [5.41, 5.74) is 1.50. The Bertz CT molecular complexity index is 704. The van der Waals surface area contributed by atoms with Crippen LogP contribution in [0.5, 0.6) is 0 Å². The van der Waals surface area contributed by atoms with Gasteiger partial charge in [0.2, 0.25) is 0 Å². The highest BCUT2D eigenvalue weighted by atomic mass is 35.5. The van der Waals surface area contributed by atoms with Crippen molar-refractivity contribution in [3.63, 3.8) is 0 Å². The fourth-order valence-corrected chi connectivity index (χ4v) is 2.11. The van der Waals surface area contributed by atoms with E-state index in [4.69, 9.17) is 28.3 Å². The fourth-order valence-electron chi connectivity index (χ4n) is 1.67. The Labute approximate surface area is 130 Å². The molecule has 108 valence electrons. The van der Waals surface area contributed by atoms with Gasteiger partial charge in [0, 0.05) is 16.8 Å². The highest BCUT2D eigenvalue weighted by Crippen LogP contribution is 2.25. The number of carboxylic acids is 1. The first-order chi connectivity index (χ1) is 9.97. The van der Waals surface area contributed by atoms with Crippen molar-refractivity contribution in [2.75, 3.05) is 6.54 Å². The van der Waals surface area contributed by atoms with Crippen molar-refractivity contribution in [2.24, 2.45) is 0 Å². The van der Waals surface area contributed by atoms with Crippen LogP contribution in [-0.4, -0.2) is 28.5 Å². The molecule has 1 aromatic carbocycles. The molecule has 0 saturated heterocycles. The monoisotopic (exact) mass is 324 g/mol. The summed E-state index contributed by atoms with van der Waals surface area (Å²) in [7, 11) is 0. The van der Waals surface area contributed by atoms with Gasteiger partial charge in [0.25, 0.3) is 5.91 Å². The van der Waals surface area contributed by atoms with Gasteiger partial charge in [0.1, 0.15) is 12.2 Å². The molecule has 0 radical (unpaired) electrons. The normalized spacial score (nSPS) is 10.2. The lowest BCUT2D eigenvalue weighted by atomic mass is 10.1. The Balaban J connectivity index is 2.25. The third kappa shape index (κ3) is 3.93. The molecule has 1 amide bonds. The van der Waals surface area contributed by atoms with Crippen molar-refractivity contribution in [1.29, 1.82) is 0 Å². The van der Waals surface area contributed by atoms with E-state index in [2.05, 4.69) is 10.3 Å². The number of rotatable bonds is 4. The first-order valence-electron chi connectivity index (χ1n) is 5.89. The number of hydrogen-bond donors (Lipinski definition) is 2. The molecule has 0 atom stereocenters. The van der Waals surface area contributed by atoms with Gasteiger partial charge in [0.15, 0.2) is 0 Å². The Kier molecular flexibility index (Phi) is 4.77. The van der Waals surface area contributed by atoms with Gasteiger partial charge in [-0.3, -0.25) is 9.59 Å². The van der Waals surface area contributed by atoms with Crippen molar-refractivity contribution >= 4 is 35.1 Å². The zero-order valence-corrected chi connectivity index (χ0v) is 12.1. The Hall–Kier alpha value is -2.11. The second-order valence-corrected chi connectivity index (χ2v) is 4.98. The molecule has 0 aliphatic carbocycles. The van der Waals surface area contributed by atoms with Crippen LogP contribution in [0, 0.1) is 0 Å². The zero-order valence-electron chi connectivity index (χ0n) is 10.6. The van der Waals surface area contributed by atoms with E-state index in [0.717, 1.165) is 5.56 Å². The predicted octanol–water partition coefficient (Wildman–Crippen LogP) is 2.87. The number of halogens is 2. The molecule has 2 rings (SSSR count). The van der Waals surface area contributed by atoms with Gasteiger partial charge < -0.3 is 10.4 Å². The Morgan fingerprint density at radius 1 is 1.19 bits per heavy atom. The van der Waals surface area contributed by atoms with Crippen LogP contribution in [0.25, 0.3) is 11.1 Å². The van der Waals surface area contributed by atoms with E-state index in [1.54, 1.807) is 24.3 Å². The minimum atomic E-state index is -1.14. The van der Waals surface area contributed by atoms with Crippen molar-refractivity contribution < 1.29 is 14.7 Å². The summed E-state index contributed by atoms with van der Waals surface area (Å²) in [4.78, 5) is 26.1. The third-order valence-corrected chi connectivity index (χ3v) is 3.14. The molecular formula is C14H10Cl2N2O3. The summed E-state index contributed by atoms with van der Waals surface area (Å²) < 4.78 is 0. The molecule has 0 saturated carbocycles. The second-order valence-electron chi connectivity index (χ2n) is 4.14. The molecule has 2 aromatic rings. The lowest BCUT2D eigenvalue weighted by Gasteiger charge is -2.07. The number of nitrogens with zero attached hydrogens (tertiary/aromatic N) is 1. The molecule has 0 bridgehead atoms. The smallest absolute Gasteiger partial charge is 0.322 e. The minimum absolute atomic E-state index is 0.0244. The van der Waals surface area contributed by atoms with E-state index in [9.17, 15) is 9.59 Å². The number of pyridine rings is 1. The number of nitrogens with one attached hydrogen (secondary N) is 1. The van der Waals surface area contributed by atoms with Gasteiger partial charge in [0.05, 0.1) is 5.02 Å². The Morgan fingerprint density at radius 2 is 1.95 bits per heavy atom. The first kappa shape index (κ1) is 15.3. The maximum atomic E-state index is 11.7. The molecule has 1 heterocycles. The van der Waals surface area contributed by atoms with Crippen molar-refractivity contribution in [3.05, 3.63) is 52.3 Å². The van der Waals surface area contributed by atoms with Gasteiger partial charge in [-0.25, -0.2) is 4.98 Å². The highest BCUT2D eigenvalue weighted by molar-refractivity contribution is 6.34. The molecular weight excluding hydrogens is 315 g/mol. The number of benzene rings is 1. The summed E-state index contributed by atoms with van der Waals surface area (Å²) in [6.45, 7) is -0.493. The van der Waals surface area contributed by atoms with Crippen LogP contribution in [0.15, 0.2) is 36.5 Å². The maximum absolute atomic E-state index is 11.7. The van der Waals surface area contributed by atoms with Gasteiger partial charge in [-0.2, -0.15) is 0 Å². The van der Waals surface area contributed by atoms with E-state index in [-0.39, 0.29) is 10.7 Å². The minimum Gasteiger partial charge on any atom is -0.480 e. The van der Waals surface area contributed by atoms with Crippen molar-refractivity contribution in [1.82, 2.24) is 10.3 Å². The number of amides is 1. The van der Waals surface area contributed by atoms with Crippen LogP contribution in [-0.2, 0) is 4.79 Å². The van der Waals surface area contributed by atoms with Gasteiger partial charge in [-0.15, -0.1) is 0 Å². The number of aromatic nitrogens is 1. The summed E-state index contributed by atoms with van der Waals surface area (Å²) in [5.74, 6) is -1.78. The van der Waals surface area contributed by atoms with Crippen LogP contribution in [0.4, 0.5) is 0 Å². The first-order valence-corrected chi connectivity index (χ1v) is 6.64. The number of aliphatic carboxylic acids is 1. The summed E-state index contributed by atoms with van der Waals surface area (Å²) in [6, 6.07) is 8.70. The quantitative estimate of drug-likeness (QED) is 0.906. The summed E-state index contributed by atoms with van der Waals surface area (Å²) in [5, 5.41) is 11.4. The lowest BCUT2D eigenvalue weighted by Crippen LogP contribution is -2.30. The van der Waals surface area contributed by atoms with Crippen LogP contribution >= 0.6 is 23.2 Å². The summed E-state index contributed by atoms with van der Waals surface area (Å²) in [6.07, 6.45) is 1.48. The highest BCUT2D eigenvalue weighted by Gasteiger charge is 2.14. The summed E-state index contributed by atoms with van der Waals surface area (Å²) >= 11 is 11.9. The van der Waals surface area contributed by atoms with E-state index in [0.29, 0.717) is 10.6 Å². The van der Waals surface area contributed by atoms with Crippen LogP contribution in [0.2, 0.25) is 10.0 Å². The molecule has 0 unspecified atom stereocenters.